The molecule has 5 heterocycles. The van der Waals surface area contributed by atoms with Gasteiger partial charge >= 0.3 is 0 Å². The third-order valence-corrected chi connectivity index (χ3v) is 6.92. The number of benzene rings is 1. The predicted octanol–water partition coefficient (Wildman–Crippen LogP) is 1.02. The number of aromatic nitrogens is 1. The molecule has 4 bridgehead atoms. The van der Waals surface area contributed by atoms with Gasteiger partial charge in [0.2, 0.25) is 0 Å². The summed E-state index contributed by atoms with van der Waals surface area (Å²) < 4.78 is 4.05. The lowest BCUT2D eigenvalue weighted by Gasteiger charge is -2.55. The van der Waals surface area contributed by atoms with Gasteiger partial charge in [-0.25, -0.2) is 0 Å². The summed E-state index contributed by atoms with van der Waals surface area (Å²) in [5.41, 5.74) is 7.63. The highest BCUT2D eigenvalue weighted by atomic mass is 32.1. The van der Waals surface area contributed by atoms with Crippen molar-refractivity contribution in [1.29, 1.82) is 0 Å². The number of anilines is 1. The minimum Gasteiger partial charge on any atom is -0.382 e. The molecule has 26 heavy (non-hydrogen) atoms. The molecule has 4 fully saturated rings. The number of nitrogens with two attached hydrogens (primary N) is 1. The molecule has 0 aliphatic carbocycles. The fraction of sp³-hybridized carbons (Fsp3) is 0.474. The molecule has 136 valence electrons. The summed E-state index contributed by atoms with van der Waals surface area (Å²) in [6, 6.07) is 10.8. The molecular weight excluding hydrogens is 346 g/mol. The third kappa shape index (κ3) is 2.46. The highest BCUT2D eigenvalue weighted by molar-refractivity contribution is 7.04. The van der Waals surface area contributed by atoms with Gasteiger partial charge in [0.05, 0.1) is 5.56 Å². The topological polar surface area (TPSA) is 74.5 Å². The molecule has 0 radical (unpaired) electrons. The van der Waals surface area contributed by atoms with Crippen molar-refractivity contribution in [2.75, 3.05) is 45.0 Å². The van der Waals surface area contributed by atoms with Gasteiger partial charge in [0.1, 0.15) is 5.82 Å². The first-order valence-electron chi connectivity index (χ1n) is 9.17. The molecule has 2 aromatic rings. The number of nitrogens with zero attached hydrogens (tertiary/aromatic N) is 3. The van der Waals surface area contributed by atoms with Crippen LogP contribution in [0.25, 0.3) is 0 Å². The molecule has 4 aliphatic heterocycles. The van der Waals surface area contributed by atoms with E-state index in [1.54, 1.807) is 5.38 Å². The second-order valence-corrected chi connectivity index (χ2v) is 8.45. The van der Waals surface area contributed by atoms with Crippen molar-refractivity contribution in [3.05, 3.63) is 46.8 Å². The molecule has 6 rings (SSSR count). The Bertz CT molecular complexity index is 806. The molecule has 2 unspecified atom stereocenters. The van der Waals surface area contributed by atoms with Crippen LogP contribution in [0.1, 0.15) is 15.9 Å². The summed E-state index contributed by atoms with van der Waals surface area (Å²) in [5.74, 6) is 0.666. The minimum absolute atomic E-state index is 0.0766. The molecule has 0 saturated carbocycles. The lowest BCUT2D eigenvalue weighted by atomic mass is 9.64. The maximum absolute atomic E-state index is 12.9. The first-order valence-corrected chi connectivity index (χ1v) is 10.0. The fourth-order valence-electron chi connectivity index (χ4n) is 5.20. The van der Waals surface area contributed by atoms with Crippen LogP contribution in [0, 0.1) is 5.92 Å². The normalized spacial score (nSPS) is 35.2. The van der Waals surface area contributed by atoms with E-state index in [1.165, 1.54) is 17.1 Å². The number of fused-ring (bicyclic) bond motifs is 1. The van der Waals surface area contributed by atoms with Gasteiger partial charge in [0.25, 0.3) is 5.91 Å². The predicted molar refractivity (Wildman–Crippen MR) is 102 cm³/mol. The number of carbonyl (C=O) groups is 1. The highest BCUT2D eigenvalue weighted by Crippen LogP contribution is 2.43. The van der Waals surface area contributed by atoms with E-state index in [1.807, 2.05) is 0 Å². The maximum Gasteiger partial charge on any atom is 0.256 e. The van der Waals surface area contributed by atoms with Crippen molar-refractivity contribution in [2.24, 2.45) is 5.92 Å². The first kappa shape index (κ1) is 16.2. The van der Waals surface area contributed by atoms with E-state index in [4.69, 9.17) is 5.73 Å². The smallest absolute Gasteiger partial charge is 0.256 e. The maximum atomic E-state index is 12.9. The van der Waals surface area contributed by atoms with E-state index in [-0.39, 0.29) is 17.4 Å². The van der Waals surface area contributed by atoms with Gasteiger partial charge in [-0.05, 0) is 17.1 Å². The van der Waals surface area contributed by atoms with Crippen LogP contribution in [-0.4, -0.2) is 65.4 Å². The summed E-state index contributed by atoms with van der Waals surface area (Å²) in [5, 5.41) is 5.11. The van der Waals surface area contributed by atoms with Crippen LogP contribution in [0.5, 0.6) is 0 Å². The average molecular weight is 369 g/mol. The summed E-state index contributed by atoms with van der Waals surface area (Å²) in [6.07, 6.45) is 0. The van der Waals surface area contributed by atoms with E-state index < -0.39 is 0 Å². The second kappa shape index (κ2) is 6.04. The Balaban J connectivity index is 1.54. The molecule has 1 aromatic heterocycles. The molecule has 0 spiro atoms. The Morgan fingerprint density at radius 3 is 2.50 bits per heavy atom. The van der Waals surface area contributed by atoms with Gasteiger partial charge in [0.15, 0.2) is 0 Å². The molecule has 7 heteroatoms. The highest BCUT2D eigenvalue weighted by Gasteiger charge is 2.55. The van der Waals surface area contributed by atoms with Crippen LogP contribution in [0.3, 0.4) is 0 Å². The van der Waals surface area contributed by atoms with Crippen LogP contribution in [-0.2, 0) is 5.41 Å². The van der Waals surface area contributed by atoms with Crippen molar-refractivity contribution in [1.82, 2.24) is 19.5 Å². The lowest BCUT2D eigenvalue weighted by molar-refractivity contribution is 0.0181. The fourth-order valence-corrected chi connectivity index (χ4v) is 5.80. The second-order valence-electron chi connectivity index (χ2n) is 7.82. The number of amides is 1. The summed E-state index contributed by atoms with van der Waals surface area (Å²) in [7, 11) is 0. The molecule has 1 amide bonds. The Kier molecular flexibility index (Phi) is 3.77. The van der Waals surface area contributed by atoms with Crippen molar-refractivity contribution in [2.45, 2.75) is 11.5 Å². The van der Waals surface area contributed by atoms with Gasteiger partial charge in [0, 0.05) is 62.0 Å². The van der Waals surface area contributed by atoms with Gasteiger partial charge in [-0.1, -0.05) is 30.3 Å². The first-order chi connectivity index (χ1) is 12.7. The van der Waals surface area contributed by atoms with Crippen LogP contribution in [0.4, 0.5) is 5.82 Å². The molecule has 4 saturated heterocycles. The van der Waals surface area contributed by atoms with Gasteiger partial charge < -0.3 is 20.9 Å². The molecule has 1 aromatic carbocycles. The number of carbonyl (C=O) groups excluding carboxylic acids is 1. The van der Waals surface area contributed by atoms with Crippen molar-refractivity contribution in [3.63, 3.8) is 0 Å². The summed E-state index contributed by atoms with van der Waals surface area (Å²) in [6.45, 7) is 6.32. The molecule has 3 N–H and O–H groups in total. The standard InChI is InChI=1S/C19H23N5OS/c20-17-15(10-26-22-17)18(25)21-16-13-8-23-6-7-24(9-13)12-19(16,11-23)14-4-2-1-3-5-14/h1-5,10,13,16H,6-9,11-12H2,(H2,20,22)(H,21,25)/t13?,16-,19?/m0/s1. The summed E-state index contributed by atoms with van der Waals surface area (Å²) >= 11 is 1.23. The molecular formula is C19H23N5OS. The lowest BCUT2D eigenvalue weighted by Crippen LogP contribution is -2.70. The average Bonchev–Trinajstić information content (AvgIpc) is 2.92. The van der Waals surface area contributed by atoms with E-state index in [0.717, 1.165) is 39.3 Å². The molecule has 6 nitrogen and oxygen atoms in total. The van der Waals surface area contributed by atoms with E-state index in [9.17, 15) is 4.79 Å². The van der Waals surface area contributed by atoms with Crippen LogP contribution in [0.2, 0.25) is 0 Å². The molecule has 3 atom stereocenters. The number of rotatable bonds is 3. The SMILES string of the molecule is Nc1nscc1C(=O)N[C@H]1C2CN3CCN(C2)CC1(c1ccccc1)C3. The number of piperidine rings is 2. The minimum atomic E-state index is -0.0901. The number of hydrogen-bond donors (Lipinski definition) is 2. The van der Waals surface area contributed by atoms with Crippen LogP contribution in [0.15, 0.2) is 35.7 Å². The largest absolute Gasteiger partial charge is 0.382 e. The van der Waals surface area contributed by atoms with E-state index >= 15 is 0 Å². The zero-order valence-corrected chi connectivity index (χ0v) is 15.4. The zero-order chi connectivity index (χ0) is 17.7. The van der Waals surface area contributed by atoms with Crippen LogP contribution < -0.4 is 11.1 Å². The number of nitrogens with one attached hydrogen (secondary N) is 1. The van der Waals surface area contributed by atoms with Crippen LogP contribution >= 0.6 is 11.5 Å². The third-order valence-electron chi connectivity index (χ3n) is 6.27. The number of hydrogen-bond acceptors (Lipinski definition) is 6. The van der Waals surface area contributed by atoms with Crippen molar-refractivity contribution in [3.8, 4) is 0 Å². The Hall–Kier alpha value is -1.96. The van der Waals surface area contributed by atoms with Crippen molar-refractivity contribution < 1.29 is 4.79 Å². The van der Waals surface area contributed by atoms with Gasteiger partial charge in [-0.15, -0.1) is 0 Å². The van der Waals surface area contributed by atoms with E-state index in [0.29, 0.717) is 17.3 Å². The Labute approximate surface area is 157 Å². The van der Waals surface area contributed by atoms with Gasteiger partial charge in [-0.2, -0.15) is 4.37 Å². The summed E-state index contributed by atoms with van der Waals surface area (Å²) in [4.78, 5) is 18.1. The van der Waals surface area contributed by atoms with E-state index in [2.05, 4.69) is 49.8 Å². The Morgan fingerprint density at radius 1 is 1.19 bits per heavy atom. The van der Waals surface area contributed by atoms with Crippen molar-refractivity contribution >= 4 is 23.3 Å². The molecule has 4 aliphatic rings. The Morgan fingerprint density at radius 2 is 1.88 bits per heavy atom. The van der Waals surface area contributed by atoms with Gasteiger partial charge in [-0.3, -0.25) is 4.79 Å². The zero-order valence-electron chi connectivity index (χ0n) is 14.6. The number of nitrogen functional groups attached to an aromatic ring is 1. The quantitative estimate of drug-likeness (QED) is 0.845. The monoisotopic (exact) mass is 369 g/mol.